The lowest BCUT2D eigenvalue weighted by Gasteiger charge is -2.45. The number of amides is 1. The number of nitrogens with one attached hydrogen (secondary N) is 2. The third-order valence-corrected chi connectivity index (χ3v) is 7.40. The monoisotopic (exact) mass is 486 g/mol. The van der Waals surface area contributed by atoms with Crippen LogP contribution < -0.4 is 10.6 Å². The Bertz CT molecular complexity index is 1000. The standard InChI is InChI=1S/C29H40F2N2O2/c1-19-9-6-7-12-29(19,23-11-8-10-22(16-23)28(3,4)5)32-18-27(35)26(33-20(2)34)15-21-13-24(30)17-25(31)14-21/h8,10-11,13-14,16-17,19,26-27,32,35H,6-7,9,12,15,18H2,1-5H3,(H,33,34)/t19?,26-,27+,29?/m0/s1. The van der Waals surface area contributed by atoms with Crippen molar-refractivity contribution in [3.05, 3.63) is 70.8 Å². The summed E-state index contributed by atoms with van der Waals surface area (Å²) in [4.78, 5) is 11.9. The Labute approximate surface area is 208 Å². The van der Waals surface area contributed by atoms with Gasteiger partial charge in [-0.15, -0.1) is 0 Å². The van der Waals surface area contributed by atoms with Crippen LogP contribution in [0.3, 0.4) is 0 Å². The molecule has 2 aromatic carbocycles. The molecule has 0 aliphatic heterocycles. The number of aliphatic hydroxyl groups excluding tert-OH is 1. The maximum absolute atomic E-state index is 13.7. The van der Waals surface area contributed by atoms with Crippen LogP contribution in [0.5, 0.6) is 0 Å². The minimum absolute atomic E-state index is 0.0192. The van der Waals surface area contributed by atoms with E-state index < -0.39 is 23.8 Å². The van der Waals surface area contributed by atoms with Crippen molar-refractivity contribution >= 4 is 5.91 Å². The molecule has 3 rings (SSSR count). The molecular weight excluding hydrogens is 446 g/mol. The molecule has 4 atom stereocenters. The Morgan fingerprint density at radius 3 is 2.43 bits per heavy atom. The summed E-state index contributed by atoms with van der Waals surface area (Å²) in [5.74, 6) is -1.30. The molecule has 0 heterocycles. The zero-order valence-electron chi connectivity index (χ0n) is 21.6. The Morgan fingerprint density at radius 2 is 1.83 bits per heavy atom. The Morgan fingerprint density at radius 1 is 1.14 bits per heavy atom. The van der Waals surface area contributed by atoms with E-state index in [1.807, 2.05) is 0 Å². The highest BCUT2D eigenvalue weighted by molar-refractivity contribution is 5.73. The van der Waals surface area contributed by atoms with Crippen molar-refractivity contribution in [3.63, 3.8) is 0 Å². The van der Waals surface area contributed by atoms with Crippen LogP contribution >= 0.6 is 0 Å². The Balaban J connectivity index is 1.85. The molecule has 0 aromatic heterocycles. The summed E-state index contributed by atoms with van der Waals surface area (Å²) in [6, 6.07) is 11.3. The van der Waals surface area contributed by atoms with E-state index in [2.05, 4.69) is 62.6 Å². The van der Waals surface area contributed by atoms with E-state index >= 15 is 0 Å². The lowest BCUT2D eigenvalue weighted by Crippen LogP contribution is -2.55. The number of rotatable bonds is 8. The minimum atomic E-state index is -0.943. The molecule has 1 aliphatic carbocycles. The fraction of sp³-hybridized carbons (Fsp3) is 0.552. The van der Waals surface area contributed by atoms with Crippen LogP contribution in [0.15, 0.2) is 42.5 Å². The van der Waals surface area contributed by atoms with Crippen LogP contribution in [0, 0.1) is 17.6 Å². The zero-order valence-corrected chi connectivity index (χ0v) is 21.6. The van der Waals surface area contributed by atoms with E-state index in [1.165, 1.54) is 36.6 Å². The van der Waals surface area contributed by atoms with Gasteiger partial charge in [0.1, 0.15) is 11.6 Å². The third kappa shape index (κ3) is 6.89. The fourth-order valence-electron chi connectivity index (χ4n) is 5.36. The van der Waals surface area contributed by atoms with Crippen LogP contribution in [0.1, 0.15) is 77.0 Å². The van der Waals surface area contributed by atoms with Gasteiger partial charge in [0.15, 0.2) is 0 Å². The van der Waals surface area contributed by atoms with E-state index in [-0.39, 0.29) is 29.8 Å². The number of hydrogen-bond donors (Lipinski definition) is 3. The number of carbonyl (C=O) groups excluding carboxylic acids is 1. The first-order valence-corrected chi connectivity index (χ1v) is 12.7. The molecule has 6 heteroatoms. The van der Waals surface area contributed by atoms with Gasteiger partial charge in [-0.1, -0.05) is 64.8 Å². The number of halogens is 2. The van der Waals surface area contributed by atoms with Gasteiger partial charge < -0.3 is 15.7 Å². The normalized spacial score (nSPS) is 22.5. The first-order chi connectivity index (χ1) is 16.4. The maximum atomic E-state index is 13.7. The molecule has 35 heavy (non-hydrogen) atoms. The summed E-state index contributed by atoms with van der Waals surface area (Å²) in [6.07, 6.45) is 3.48. The van der Waals surface area contributed by atoms with Crippen LogP contribution in [0.4, 0.5) is 8.78 Å². The lowest BCUT2D eigenvalue weighted by atomic mass is 9.68. The highest BCUT2D eigenvalue weighted by atomic mass is 19.1. The second-order valence-electron chi connectivity index (χ2n) is 11.2. The van der Waals surface area contributed by atoms with Gasteiger partial charge in [-0.05, 0) is 59.4 Å². The smallest absolute Gasteiger partial charge is 0.217 e. The summed E-state index contributed by atoms with van der Waals surface area (Å²) in [5, 5.41) is 17.6. The fourth-order valence-corrected chi connectivity index (χ4v) is 5.36. The van der Waals surface area contributed by atoms with Crippen LogP contribution in [-0.2, 0) is 22.2 Å². The molecule has 0 radical (unpaired) electrons. The zero-order chi connectivity index (χ0) is 25.8. The second-order valence-corrected chi connectivity index (χ2v) is 11.2. The van der Waals surface area contributed by atoms with Crippen molar-refractivity contribution in [3.8, 4) is 0 Å². The highest BCUT2D eigenvalue weighted by Gasteiger charge is 2.40. The lowest BCUT2D eigenvalue weighted by molar-refractivity contribution is -0.120. The topological polar surface area (TPSA) is 61.4 Å². The molecule has 0 saturated heterocycles. The third-order valence-electron chi connectivity index (χ3n) is 7.40. The summed E-state index contributed by atoms with van der Waals surface area (Å²) >= 11 is 0. The van der Waals surface area contributed by atoms with E-state index in [9.17, 15) is 18.7 Å². The van der Waals surface area contributed by atoms with Gasteiger partial charge in [0.25, 0.3) is 0 Å². The van der Waals surface area contributed by atoms with Crippen molar-refractivity contribution in [1.29, 1.82) is 0 Å². The van der Waals surface area contributed by atoms with Crippen LogP contribution in [0.25, 0.3) is 0 Å². The van der Waals surface area contributed by atoms with Gasteiger partial charge in [0.05, 0.1) is 12.1 Å². The van der Waals surface area contributed by atoms with Gasteiger partial charge in [-0.25, -0.2) is 8.78 Å². The molecular formula is C29H40F2N2O2. The predicted molar refractivity (Wildman–Crippen MR) is 136 cm³/mol. The molecule has 2 unspecified atom stereocenters. The van der Waals surface area contributed by atoms with Gasteiger partial charge in [0, 0.05) is 25.1 Å². The van der Waals surface area contributed by atoms with Crippen molar-refractivity contribution in [2.45, 2.75) is 89.8 Å². The van der Waals surface area contributed by atoms with E-state index in [1.54, 1.807) is 0 Å². The second kappa shape index (κ2) is 11.2. The molecule has 192 valence electrons. The molecule has 0 spiro atoms. The molecule has 3 N–H and O–H groups in total. The van der Waals surface area contributed by atoms with E-state index in [0.717, 1.165) is 25.3 Å². The number of benzene rings is 2. The molecule has 4 nitrogen and oxygen atoms in total. The number of aliphatic hydroxyl groups is 1. The van der Waals surface area contributed by atoms with Crippen molar-refractivity contribution in [1.82, 2.24) is 10.6 Å². The minimum Gasteiger partial charge on any atom is -0.390 e. The quantitative estimate of drug-likeness (QED) is 0.470. The number of carbonyl (C=O) groups is 1. The molecule has 1 aliphatic rings. The van der Waals surface area contributed by atoms with E-state index in [0.29, 0.717) is 11.5 Å². The van der Waals surface area contributed by atoms with Crippen LogP contribution in [-0.4, -0.2) is 29.7 Å². The molecule has 0 bridgehead atoms. The SMILES string of the molecule is CC(=O)N[C@@H](Cc1cc(F)cc(F)c1)[C@H](O)CNC1(c2cccc(C(C)(C)C)c2)CCCCC1C. The van der Waals surface area contributed by atoms with Crippen LogP contribution in [0.2, 0.25) is 0 Å². The predicted octanol–water partition coefficient (Wildman–Crippen LogP) is 5.37. The van der Waals surface area contributed by atoms with Gasteiger partial charge in [-0.2, -0.15) is 0 Å². The molecule has 1 fully saturated rings. The largest absolute Gasteiger partial charge is 0.390 e. The molecule has 1 amide bonds. The average molecular weight is 487 g/mol. The summed E-state index contributed by atoms with van der Waals surface area (Å²) in [5.41, 5.74) is 2.59. The summed E-state index contributed by atoms with van der Waals surface area (Å²) in [7, 11) is 0. The van der Waals surface area contributed by atoms with Crippen molar-refractivity contribution in [2.75, 3.05) is 6.54 Å². The first-order valence-electron chi connectivity index (χ1n) is 12.7. The maximum Gasteiger partial charge on any atom is 0.217 e. The first kappa shape index (κ1) is 27.3. The van der Waals surface area contributed by atoms with Gasteiger partial charge in [0.2, 0.25) is 5.91 Å². The number of hydrogen-bond acceptors (Lipinski definition) is 3. The summed E-state index contributed by atoms with van der Waals surface area (Å²) < 4.78 is 27.5. The highest BCUT2D eigenvalue weighted by Crippen LogP contribution is 2.42. The van der Waals surface area contributed by atoms with E-state index in [4.69, 9.17) is 0 Å². The Hall–Kier alpha value is -2.31. The molecule has 1 saturated carbocycles. The average Bonchev–Trinajstić information content (AvgIpc) is 2.76. The molecule has 2 aromatic rings. The van der Waals surface area contributed by atoms with Gasteiger partial charge >= 0.3 is 0 Å². The van der Waals surface area contributed by atoms with Gasteiger partial charge in [-0.3, -0.25) is 4.79 Å². The summed E-state index contributed by atoms with van der Waals surface area (Å²) in [6.45, 7) is 10.5. The Kier molecular flexibility index (Phi) is 8.71. The van der Waals surface area contributed by atoms with Crippen molar-refractivity contribution in [2.24, 2.45) is 5.92 Å². The van der Waals surface area contributed by atoms with Crippen molar-refractivity contribution < 1.29 is 18.7 Å².